The first-order valence-electron chi connectivity index (χ1n) is 2.20. The molecule has 0 aromatic rings. The number of nitrogens with zero attached hydrogens (tertiary/aromatic N) is 1. The Morgan fingerprint density at radius 2 is 1.80 bits per heavy atom. The van der Waals surface area contributed by atoms with Crippen LogP contribution in [0.2, 0.25) is 0 Å². The van der Waals surface area contributed by atoms with Crippen molar-refractivity contribution < 1.29 is 9.72 Å². The molecule has 0 fully saturated rings. The first-order chi connectivity index (χ1) is 4.55. The zero-order valence-corrected chi connectivity index (χ0v) is 5.53. The molecular formula is C4H9N3O3. The lowest BCUT2D eigenvalue weighted by atomic mass is 10.5. The van der Waals surface area contributed by atoms with Gasteiger partial charge in [-0.3, -0.25) is 10.1 Å². The van der Waals surface area contributed by atoms with Gasteiger partial charge in [0.25, 0.3) is 5.70 Å². The van der Waals surface area contributed by atoms with Crippen LogP contribution in [0.1, 0.15) is 6.92 Å². The van der Waals surface area contributed by atoms with Crippen LogP contribution in [0.4, 0.5) is 0 Å². The lowest BCUT2D eigenvalue weighted by Crippen LogP contribution is -2.14. The normalized spacial score (nSPS) is 6.90. The van der Waals surface area contributed by atoms with Crippen LogP contribution in [-0.4, -0.2) is 11.7 Å². The number of carbonyl (C=O) groups is 1. The molecule has 0 radical (unpaired) electrons. The van der Waals surface area contributed by atoms with Gasteiger partial charge in [0.2, 0.25) is 0 Å². The van der Waals surface area contributed by atoms with Gasteiger partial charge >= 0.3 is 0 Å². The Hall–Kier alpha value is -1.59. The first-order valence-corrected chi connectivity index (χ1v) is 2.20. The van der Waals surface area contributed by atoms with Gasteiger partial charge in [-0.25, -0.2) is 0 Å². The highest BCUT2D eigenvalue weighted by Gasteiger charge is 2.03. The van der Waals surface area contributed by atoms with Gasteiger partial charge in [0.1, 0.15) is 6.79 Å². The lowest BCUT2D eigenvalue weighted by Gasteiger charge is -1.89. The number of carbonyl (C=O) groups excluding carboxylic acids is 1. The van der Waals surface area contributed by atoms with Crippen LogP contribution in [0.15, 0.2) is 11.5 Å². The summed E-state index contributed by atoms with van der Waals surface area (Å²) in [6, 6.07) is 0. The molecule has 0 aliphatic rings. The monoisotopic (exact) mass is 147 g/mol. The van der Waals surface area contributed by atoms with Gasteiger partial charge in [-0.15, -0.1) is 0 Å². The molecule has 4 N–H and O–H groups in total. The maximum Gasteiger partial charge on any atom is 0.282 e. The molecule has 0 saturated heterocycles. The van der Waals surface area contributed by atoms with E-state index in [9.17, 15) is 10.1 Å². The van der Waals surface area contributed by atoms with Crippen LogP contribution >= 0.6 is 0 Å². The SMILES string of the molecule is C=O.CC(=C(N)N)[N+](=O)[O-]. The van der Waals surface area contributed by atoms with E-state index in [0.29, 0.717) is 0 Å². The summed E-state index contributed by atoms with van der Waals surface area (Å²) in [4.78, 5) is 17.1. The summed E-state index contributed by atoms with van der Waals surface area (Å²) in [6.07, 6.45) is 0. The van der Waals surface area contributed by atoms with Crippen LogP contribution in [0.5, 0.6) is 0 Å². The highest BCUT2D eigenvalue weighted by atomic mass is 16.6. The summed E-state index contributed by atoms with van der Waals surface area (Å²) in [6.45, 7) is 3.25. The summed E-state index contributed by atoms with van der Waals surface area (Å²) in [7, 11) is 0. The molecule has 6 nitrogen and oxygen atoms in total. The average molecular weight is 147 g/mol. The van der Waals surface area contributed by atoms with E-state index in [2.05, 4.69) is 0 Å². The number of rotatable bonds is 1. The summed E-state index contributed by atoms with van der Waals surface area (Å²) < 4.78 is 0. The fourth-order valence-corrected chi connectivity index (χ4v) is 0.105. The molecule has 0 aromatic heterocycles. The van der Waals surface area contributed by atoms with Crippen LogP contribution < -0.4 is 11.5 Å². The van der Waals surface area contributed by atoms with Crippen LogP contribution in [0, 0.1) is 10.1 Å². The number of nitro groups is 1. The van der Waals surface area contributed by atoms with Crippen molar-refractivity contribution in [3.63, 3.8) is 0 Å². The first kappa shape index (κ1) is 11.2. The standard InChI is InChI=1S/C3H7N3O2.CH2O/c1-2(3(4)5)6(7)8;1-2/h4-5H2,1H3;1H2. The Balaban J connectivity index is 0. The molecule has 0 unspecified atom stereocenters. The zero-order chi connectivity index (χ0) is 8.73. The highest BCUT2D eigenvalue weighted by molar-refractivity contribution is 5.10. The van der Waals surface area contributed by atoms with Crippen molar-refractivity contribution in [2.24, 2.45) is 11.5 Å². The minimum atomic E-state index is -0.630. The van der Waals surface area contributed by atoms with Crippen molar-refractivity contribution >= 4 is 6.79 Å². The molecule has 6 heteroatoms. The predicted octanol–water partition coefficient (Wildman–Crippen LogP) is -0.815. The molecule has 0 aliphatic heterocycles. The molecule has 0 spiro atoms. The van der Waals surface area contributed by atoms with Gasteiger partial charge in [-0.1, -0.05) is 0 Å². The molecule has 10 heavy (non-hydrogen) atoms. The van der Waals surface area contributed by atoms with Gasteiger partial charge in [0.05, 0.1) is 4.92 Å². The van der Waals surface area contributed by atoms with Crippen molar-refractivity contribution in [3.05, 3.63) is 21.6 Å². The average Bonchev–Trinajstić information content (AvgIpc) is 1.90. The van der Waals surface area contributed by atoms with E-state index >= 15 is 0 Å². The summed E-state index contributed by atoms with van der Waals surface area (Å²) >= 11 is 0. The molecule has 0 atom stereocenters. The van der Waals surface area contributed by atoms with E-state index in [0.717, 1.165) is 0 Å². The second kappa shape index (κ2) is 5.54. The minimum absolute atomic E-state index is 0.204. The summed E-state index contributed by atoms with van der Waals surface area (Å²) in [5.41, 5.74) is 9.50. The molecular weight excluding hydrogens is 138 g/mol. The van der Waals surface area contributed by atoms with Gasteiger partial charge in [0.15, 0.2) is 5.82 Å². The van der Waals surface area contributed by atoms with Crippen molar-refractivity contribution in [2.45, 2.75) is 6.92 Å². The van der Waals surface area contributed by atoms with Gasteiger partial charge in [0, 0.05) is 6.92 Å². The van der Waals surface area contributed by atoms with E-state index < -0.39 is 4.92 Å². The summed E-state index contributed by atoms with van der Waals surface area (Å²) in [5, 5.41) is 9.73. The summed E-state index contributed by atoms with van der Waals surface area (Å²) in [5.74, 6) is -0.241. The topological polar surface area (TPSA) is 112 Å². The molecule has 0 aromatic carbocycles. The third-order valence-corrected chi connectivity index (χ3v) is 0.692. The second-order valence-corrected chi connectivity index (χ2v) is 1.30. The van der Waals surface area contributed by atoms with Gasteiger partial charge in [-0.2, -0.15) is 0 Å². The van der Waals surface area contributed by atoms with Gasteiger partial charge < -0.3 is 16.3 Å². The third-order valence-electron chi connectivity index (χ3n) is 0.692. The smallest absolute Gasteiger partial charge is 0.282 e. The van der Waals surface area contributed by atoms with Crippen molar-refractivity contribution in [2.75, 3.05) is 0 Å². The molecule has 0 saturated carbocycles. The Bertz CT molecular complexity index is 150. The Labute approximate surface area is 57.6 Å². The minimum Gasteiger partial charge on any atom is -0.380 e. The van der Waals surface area contributed by atoms with Crippen molar-refractivity contribution in [3.8, 4) is 0 Å². The Morgan fingerprint density at radius 3 is 1.80 bits per heavy atom. The van der Waals surface area contributed by atoms with E-state index in [1.807, 2.05) is 6.79 Å². The van der Waals surface area contributed by atoms with Crippen LogP contribution in [0.3, 0.4) is 0 Å². The quantitative estimate of drug-likeness (QED) is 0.372. The molecule has 58 valence electrons. The maximum absolute atomic E-state index is 9.73. The molecule has 0 bridgehead atoms. The predicted molar refractivity (Wildman–Crippen MR) is 35.2 cm³/mol. The second-order valence-electron chi connectivity index (χ2n) is 1.30. The molecule has 0 heterocycles. The zero-order valence-electron chi connectivity index (χ0n) is 5.53. The van der Waals surface area contributed by atoms with E-state index in [4.69, 9.17) is 16.3 Å². The largest absolute Gasteiger partial charge is 0.380 e. The number of hydrogen-bond acceptors (Lipinski definition) is 5. The van der Waals surface area contributed by atoms with Crippen molar-refractivity contribution in [1.29, 1.82) is 0 Å². The number of hydrogen-bond donors (Lipinski definition) is 2. The Morgan fingerprint density at radius 1 is 1.50 bits per heavy atom. The third kappa shape index (κ3) is 4.57. The lowest BCUT2D eigenvalue weighted by molar-refractivity contribution is -0.425. The molecule has 0 aliphatic carbocycles. The Kier molecular flexibility index (Phi) is 6.23. The fourth-order valence-electron chi connectivity index (χ4n) is 0.105. The maximum atomic E-state index is 9.73. The van der Waals surface area contributed by atoms with E-state index in [-0.39, 0.29) is 11.5 Å². The number of nitrogens with two attached hydrogens (primary N) is 2. The highest BCUT2D eigenvalue weighted by Crippen LogP contribution is 1.90. The fraction of sp³-hybridized carbons (Fsp3) is 0.250. The van der Waals surface area contributed by atoms with E-state index in [1.54, 1.807) is 0 Å². The van der Waals surface area contributed by atoms with Crippen LogP contribution in [0.25, 0.3) is 0 Å². The molecule has 0 amide bonds. The number of allylic oxidation sites excluding steroid dienone is 1. The van der Waals surface area contributed by atoms with E-state index in [1.165, 1.54) is 6.92 Å². The van der Waals surface area contributed by atoms with Crippen molar-refractivity contribution in [1.82, 2.24) is 0 Å². The molecule has 0 rings (SSSR count). The van der Waals surface area contributed by atoms with Crippen LogP contribution in [-0.2, 0) is 4.79 Å². The van der Waals surface area contributed by atoms with Gasteiger partial charge in [-0.05, 0) is 0 Å².